The molecule has 18 heavy (non-hydrogen) atoms. The Hall–Kier alpha value is -1.37. The van der Waals surface area contributed by atoms with Gasteiger partial charge in [0.1, 0.15) is 0 Å². The molecule has 3 aliphatic rings. The third-order valence-electron chi connectivity index (χ3n) is 5.42. The van der Waals surface area contributed by atoms with Crippen molar-refractivity contribution in [1.29, 1.82) is 0 Å². The van der Waals surface area contributed by atoms with Crippen LogP contribution in [0.25, 0.3) is 5.57 Å². The van der Waals surface area contributed by atoms with Crippen LogP contribution in [0.2, 0.25) is 0 Å². The van der Waals surface area contributed by atoms with Gasteiger partial charge < -0.3 is 0 Å². The minimum atomic E-state index is 0.332. The lowest BCUT2D eigenvalue weighted by Crippen LogP contribution is -2.24. The second kappa shape index (κ2) is 3.57. The van der Waals surface area contributed by atoms with E-state index < -0.39 is 0 Å². The first-order chi connectivity index (χ1) is 8.77. The Morgan fingerprint density at radius 1 is 1.00 bits per heavy atom. The summed E-state index contributed by atoms with van der Waals surface area (Å²) in [5.41, 5.74) is 3.56. The number of fused-ring (bicyclic) bond motifs is 5. The van der Waals surface area contributed by atoms with Crippen LogP contribution in [0.3, 0.4) is 0 Å². The summed E-state index contributed by atoms with van der Waals surface area (Å²) in [5, 5.41) is 0. The zero-order valence-corrected chi connectivity index (χ0v) is 10.7. The Balaban J connectivity index is 1.83. The van der Waals surface area contributed by atoms with E-state index >= 15 is 0 Å². The molecule has 0 aliphatic heterocycles. The first kappa shape index (κ1) is 10.5. The second-order valence-corrected chi connectivity index (χ2v) is 6.17. The van der Waals surface area contributed by atoms with Crippen molar-refractivity contribution < 1.29 is 4.79 Å². The van der Waals surface area contributed by atoms with Crippen LogP contribution in [0.5, 0.6) is 0 Å². The van der Waals surface area contributed by atoms with E-state index in [1.54, 1.807) is 0 Å². The maximum atomic E-state index is 12.7. The molecule has 0 N–H and O–H groups in total. The molecular formula is C17H18O. The molecule has 1 aromatic carbocycles. The third-order valence-corrected chi connectivity index (χ3v) is 5.42. The van der Waals surface area contributed by atoms with Crippen LogP contribution < -0.4 is 0 Å². The van der Waals surface area contributed by atoms with E-state index in [0.717, 1.165) is 17.1 Å². The van der Waals surface area contributed by atoms with Crippen LogP contribution >= 0.6 is 0 Å². The molecule has 2 bridgehead atoms. The minimum Gasteiger partial charge on any atom is -0.294 e. The van der Waals surface area contributed by atoms with Crippen molar-refractivity contribution >= 4 is 11.4 Å². The van der Waals surface area contributed by atoms with E-state index in [4.69, 9.17) is 0 Å². The van der Waals surface area contributed by atoms with Crippen LogP contribution in [0.15, 0.2) is 35.9 Å². The number of carbonyl (C=O) groups excluding carboxylic acids is 1. The van der Waals surface area contributed by atoms with Crippen molar-refractivity contribution in [2.75, 3.05) is 0 Å². The minimum absolute atomic E-state index is 0.332. The summed E-state index contributed by atoms with van der Waals surface area (Å²) >= 11 is 0. The van der Waals surface area contributed by atoms with Crippen molar-refractivity contribution in [3.8, 4) is 0 Å². The van der Waals surface area contributed by atoms with Crippen molar-refractivity contribution in [2.24, 2.45) is 23.7 Å². The van der Waals surface area contributed by atoms with Gasteiger partial charge >= 0.3 is 0 Å². The number of benzene rings is 1. The van der Waals surface area contributed by atoms with Gasteiger partial charge in [-0.3, -0.25) is 4.79 Å². The van der Waals surface area contributed by atoms with Gasteiger partial charge in [-0.05, 0) is 49.5 Å². The molecule has 0 saturated heterocycles. The number of hydrogen-bond acceptors (Lipinski definition) is 1. The molecule has 0 unspecified atom stereocenters. The molecular weight excluding hydrogens is 220 g/mol. The van der Waals surface area contributed by atoms with Crippen molar-refractivity contribution in [2.45, 2.75) is 26.2 Å². The van der Waals surface area contributed by atoms with Gasteiger partial charge in [-0.25, -0.2) is 0 Å². The fraction of sp³-hybridized carbons (Fsp3) is 0.471. The predicted molar refractivity (Wildman–Crippen MR) is 71.9 cm³/mol. The molecule has 1 aromatic rings. The molecule has 1 heteroatoms. The number of ketones is 1. The molecule has 1 nitrogen and oxygen atoms in total. The van der Waals surface area contributed by atoms with E-state index in [1.165, 1.54) is 24.8 Å². The van der Waals surface area contributed by atoms with Crippen molar-refractivity contribution in [3.63, 3.8) is 0 Å². The molecule has 0 amide bonds. The quantitative estimate of drug-likeness (QED) is 0.729. The molecule has 0 spiro atoms. The number of carbonyl (C=O) groups is 1. The Morgan fingerprint density at radius 2 is 1.67 bits per heavy atom. The summed E-state index contributed by atoms with van der Waals surface area (Å²) in [6.45, 7) is 2.20. The van der Waals surface area contributed by atoms with Crippen LogP contribution in [0.4, 0.5) is 0 Å². The van der Waals surface area contributed by atoms with E-state index in [1.807, 2.05) is 18.2 Å². The fourth-order valence-corrected chi connectivity index (χ4v) is 4.79. The van der Waals surface area contributed by atoms with Crippen LogP contribution in [0, 0.1) is 23.7 Å². The highest BCUT2D eigenvalue weighted by Gasteiger charge is 2.55. The molecule has 4 atom stereocenters. The molecule has 0 heterocycles. The van der Waals surface area contributed by atoms with Crippen LogP contribution in [-0.4, -0.2) is 5.78 Å². The molecule has 0 aromatic heterocycles. The maximum Gasteiger partial charge on any atom is 0.167 e. The Labute approximate surface area is 108 Å². The van der Waals surface area contributed by atoms with Gasteiger partial charge in [-0.1, -0.05) is 35.9 Å². The van der Waals surface area contributed by atoms with E-state index in [2.05, 4.69) is 19.1 Å². The second-order valence-electron chi connectivity index (χ2n) is 6.17. The third kappa shape index (κ3) is 1.20. The summed E-state index contributed by atoms with van der Waals surface area (Å²) in [6.07, 6.45) is 3.94. The number of allylic oxidation sites excluding steroid dienone is 2. The summed E-state index contributed by atoms with van der Waals surface area (Å²) in [4.78, 5) is 12.7. The van der Waals surface area contributed by atoms with Gasteiger partial charge in [0.05, 0.1) is 0 Å². The van der Waals surface area contributed by atoms with Gasteiger partial charge in [0.25, 0.3) is 0 Å². The molecule has 4 rings (SSSR count). The first-order valence-corrected chi connectivity index (χ1v) is 7.08. The van der Waals surface area contributed by atoms with Crippen LogP contribution in [-0.2, 0) is 4.79 Å². The predicted octanol–water partition coefficient (Wildman–Crippen LogP) is 3.71. The molecule has 2 saturated carbocycles. The lowest BCUT2D eigenvalue weighted by Gasteiger charge is -2.24. The fourth-order valence-electron chi connectivity index (χ4n) is 4.79. The highest BCUT2D eigenvalue weighted by Crippen LogP contribution is 2.60. The molecule has 2 fully saturated rings. The average Bonchev–Trinajstić information content (AvgIpc) is 3.05. The Morgan fingerprint density at radius 3 is 2.33 bits per heavy atom. The highest BCUT2D eigenvalue weighted by atomic mass is 16.1. The smallest absolute Gasteiger partial charge is 0.167 e. The van der Waals surface area contributed by atoms with E-state index in [0.29, 0.717) is 23.5 Å². The normalized spacial score (nSPS) is 37.5. The first-order valence-electron chi connectivity index (χ1n) is 7.08. The van der Waals surface area contributed by atoms with E-state index in [9.17, 15) is 4.79 Å². The topological polar surface area (TPSA) is 17.1 Å². The lowest BCUT2D eigenvalue weighted by molar-refractivity contribution is -0.118. The maximum absolute atomic E-state index is 12.7. The highest BCUT2D eigenvalue weighted by molar-refractivity contribution is 6.25. The molecule has 92 valence electrons. The Kier molecular flexibility index (Phi) is 2.09. The van der Waals surface area contributed by atoms with E-state index in [-0.39, 0.29) is 0 Å². The monoisotopic (exact) mass is 238 g/mol. The SMILES string of the molecule is CC1=C(c2ccccc2)C(=O)[C@@H]2[C@H]3CC[C@H](C3)[C@H]12. The summed E-state index contributed by atoms with van der Waals surface area (Å²) in [7, 11) is 0. The van der Waals surface area contributed by atoms with Crippen molar-refractivity contribution in [1.82, 2.24) is 0 Å². The molecule has 3 aliphatic carbocycles. The van der Waals surface area contributed by atoms with Gasteiger partial charge in [0.15, 0.2) is 5.78 Å². The lowest BCUT2D eigenvalue weighted by atomic mass is 9.79. The van der Waals surface area contributed by atoms with Crippen molar-refractivity contribution in [3.05, 3.63) is 41.5 Å². The zero-order valence-electron chi connectivity index (χ0n) is 10.7. The Bertz CT molecular complexity index is 540. The summed E-state index contributed by atoms with van der Waals surface area (Å²) in [5.74, 6) is 2.83. The number of hydrogen-bond donors (Lipinski definition) is 0. The largest absolute Gasteiger partial charge is 0.294 e. The summed E-state index contributed by atoms with van der Waals surface area (Å²) in [6, 6.07) is 10.2. The standard InChI is InChI=1S/C17H18O/c1-10-14-12-7-8-13(9-12)16(14)17(18)15(10)11-5-3-2-4-6-11/h2-6,12-14,16H,7-9H2,1H3/t12-,13+,14+,16-/m1/s1. The zero-order chi connectivity index (χ0) is 12.3. The number of Topliss-reactive ketones (excluding diaryl/α,β-unsaturated/α-hetero) is 1. The summed E-state index contributed by atoms with van der Waals surface area (Å²) < 4.78 is 0. The van der Waals surface area contributed by atoms with Gasteiger partial charge in [-0.15, -0.1) is 0 Å². The van der Waals surface area contributed by atoms with Gasteiger partial charge in [0.2, 0.25) is 0 Å². The van der Waals surface area contributed by atoms with Gasteiger partial charge in [-0.2, -0.15) is 0 Å². The van der Waals surface area contributed by atoms with Gasteiger partial charge in [0, 0.05) is 11.5 Å². The van der Waals surface area contributed by atoms with Crippen LogP contribution in [0.1, 0.15) is 31.7 Å². The number of rotatable bonds is 1. The average molecular weight is 238 g/mol. The molecule has 0 radical (unpaired) electrons.